The number of primary amides is 1. The van der Waals surface area contributed by atoms with Crippen LogP contribution < -0.4 is 25.8 Å². The number of phenolic OH excluding ortho intramolecular Hbond substituents is 1. The molecule has 8 rings (SSSR count). The Morgan fingerprint density at radius 3 is 2.65 bits per heavy atom. The molecule has 9 N–H and O–H groups in total. The zero-order chi connectivity index (χ0) is 48.0. The Hall–Kier alpha value is -5.11. The van der Waals surface area contributed by atoms with Crippen LogP contribution in [0, 0.1) is 17.8 Å². The number of β-amino-alcohol motifs (C(OH)–C–C–N with tert-alkyl or cyclic N) is 1. The van der Waals surface area contributed by atoms with Crippen molar-refractivity contribution in [3.63, 3.8) is 0 Å². The minimum Gasteiger partial charge on any atom is -0.508 e. The number of benzene rings is 3. The molecule has 68 heavy (non-hydrogen) atoms. The highest BCUT2D eigenvalue weighted by molar-refractivity contribution is 8.76. The Morgan fingerprint density at radius 2 is 1.90 bits per heavy atom. The number of aliphatic carboxylic acids is 1. The summed E-state index contributed by atoms with van der Waals surface area (Å²) in [4.78, 5) is 29.8. The molecule has 15 nitrogen and oxygen atoms in total. The van der Waals surface area contributed by atoms with Crippen molar-refractivity contribution in [2.24, 2.45) is 28.5 Å². The molecule has 2 fully saturated rings. The third-order valence-electron chi connectivity index (χ3n) is 13.4. The van der Waals surface area contributed by atoms with Gasteiger partial charge in [-0.1, -0.05) is 96.1 Å². The normalized spacial score (nSPS) is 29.4. The number of aliphatic imine (C=N–C) groups is 1. The van der Waals surface area contributed by atoms with Crippen LogP contribution in [-0.2, 0) is 19.1 Å². The number of carbonyl (C=O) groups is 2. The lowest BCUT2D eigenvalue weighted by Crippen LogP contribution is -2.72. The van der Waals surface area contributed by atoms with Gasteiger partial charge in [-0.3, -0.25) is 9.79 Å². The Balaban J connectivity index is 1.06. The summed E-state index contributed by atoms with van der Waals surface area (Å²) in [5, 5.41) is 62.9. The van der Waals surface area contributed by atoms with Gasteiger partial charge in [0.2, 0.25) is 12.4 Å². The smallest absolute Gasteiger partial charge is 0.335 e. The number of ether oxygens (including phenoxy) is 4. The van der Waals surface area contributed by atoms with Crippen LogP contribution in [0.15, 0.2) is 102 Å². The fourth-order valence-electron chi connectivity index (χ4n) is 9.75. The van der Waals surface area contributed by atoms with E-state index in [0.717, 1.165) is 43.7 Å². The molecule has 4 heterocycles. The summed E-state index contributed by atoms with van der Waals surface area (Å²) in [5.41, 5.74) is 9.17. The van der Waals surface area contributed by atoms with Crippen molar-refractivity contribution in [2.45, 2.75) is 75.3 Å². The molecule has 2 saturated heterocycles. The van der Waals surface area contributed by atoms with E-state index in [1.165, 1.54) is 70.0 Å². The fraction of sp³-hybridized carbons (Fsp3) is 0.431. The Kier molecular flexibility index (Phi) is 16.0. The number of aliphatic hydroxyl groups is 3. The molecule has 1 amide bonds. The highest BCUT2D eigenvalue weighted by Crippen LogP contribution is 2.44. The molecule has 10 atom stereocenters. The molecule has 0 radical (unpaired) electrons. The summed E-state index contributed by atoms with van der Waals surface area (Å²) in [5.74, 6) is -1.35. The minimum absolute atomic E-state index is 0.00247. The fourth-order valence-corrected chi connectivity index (χ4v) is 11.8. The lowest BCUT2D eigenvalue weighted by molar-refractivity contribution is -0.316. The molecular weight excluding hydrogens is 909 g/mol. The molecule has 0 saturated carbocycles. The van der Waals surface area contributed by atoms with E-state index in [9.17, 15) is 35.1 Å². The lowest BCUT2D eigenvalue weighted by Gasteiger charge is -2.49. The van der Waals surface area contributed by atoms with Crippen molar-refractivity contribution < 1.29 is 54.1 Å². The molecule has 362 valence electrons. The van der Waals surface area contributed by atoms with Crippen molar-refractivity contribution in [1.82, 2.24) is 10.6 Å². The summed E-state index contributed by atoms with van der Waals surface area (Å²) in [7, 11) is 3.00. The average molecular weight is 969 g/mol. The molecule has 0 bridgehead atoms. The van der Waals surface area contributed by atoms with E-state index in [1.807, 2.05) is 6.21 Å². The number of nitrogens with zero attached hydrogens (tertiary/aromatic N) is 1. The van der Waals surface area contributed by atoms with Crippen LogP contribution in [0.4, 0.5) is 0 Å². The summed E-state index contributed by atoms with van der Waals surface area (Å²) in [6.45, 7) is 7.16. The lowest BCUT2D eigenvalue weighted by atomic mass is 9.77. The monoisotopic (exact) mass is 968 g/mol. The van der Waals surface area contributed by atoms with Crippen LogP contribution in [0.5, 0.6) is 17.2 Å². The first-order valence-electron chi connectivity index (χ1n) is 23.1. The van der Waals surface area contributed by atoms with Crippen molar-refractivity contribution in [3.8, 4) is 17.2 Å². The van der Waals surface area contributed by atoms with Gasteiger partial charge < -0.3 is 60.8 Å². The van der Waals surface area contributed by atoms with Gasteiger partial charge in [0.15, 0.2) is 11.7 Å². The van der Waals surface area contributed by atoms with Gasteiger partial charge in [0.1, 0.15) is 41.2 Å². The average Bonchev–Trinajstić information content (AvgIpc) is 3.87. The van der Waals surface area contributed by atoms with Crippen molar-refractivity contribution in [2.75, 3.05) is 44.4 Å². The van der Waals surface area contributed by atoms with E-state index < -0.39 is 48.2 Å². The quantitative estimate of drug-likeness (QED) is 0.0677. The van der Waals surface area contributed by atoms with E-state index in [1.54, 1.807) is 10.8 Å². The number of nitrogens with two attached hydrogens (primary N) is 1. The standard InChI is InChI=1S/C51H60N4O11S2/c1-3-20-53-21-18-31-11-10-30(36-6-4-5-7-37(31)36)9-8-29(2)39-25-55-27-51(62)47(63-28-68-67-26-40(39)33-19-22-54-24-33)44(58)46(49(60)61)66-50(51)64-35-16-17-38-41(23-35)65-45(48(52)59)42(43(38)57)32-12-14-34(56)15-13-32/h4-7,9-17,19,23-24,29,31,39-40,44-47,50,53,55-58,62H,3,8,18,20-22,25-28H2,1-2H3,(H2,52,59)(H,60,61). The number of hydrogen-bond acceptors (Lipinski definition) is 15. The third kappa shape index (κ3) is 10.7. The number of hydrogen-bond donors (Lipinski definition) is 8. The second kappa shape index (κ2) is 22.1. The van der Waals surface area contributed by atoms with Crippen LogP contribution in [0.3, 0.4) is 0 Å². The third-order valence-corrected chi connectivity index (χ3v) is 15.5. The Bertz CT molecular complexity index is 2460. The number of phenols is 1. The van der Waals surface area contributed by atoms with Crippen molar-refractivity contribution in [1.29, 1.82) is 0 Å². The number of fused-ring (bicyclic) bond motifs is 3. The number of allylic oxidation sites excluding steroid dienone is 5. The van der Waals surface area contributed by atoms with E-state index >= 15 is 0 Å². The highest BCUT2D eigenvalue weighted by Gasteiger charge is 2.59. The number of nitrogens with one attached hydrogen (secondary N) is 2. The molecule has 0 aromatic heterocycles. The molecule has 3 aromatic carbocycles. The predicted molar refractivity (Wildman–Crippen MR) is 264 cm³/mol. The second-order valence-corrected chi connectivity index (χ2v) is 20.3. The van der Waals surface area contributed by atoms with Gasteiger partial charge in [-0.2, -0.15) is 0 Å². The molecule has 10 unspecified atom stereocenters. The largest absolute Gasteiger partial charge is 0.508 e. The number of carboxylic acid groups (broad SMARTS) is 1. The zero-order valence-electron chi connectivity index (χ0n) is 38.0. The first-order chi connectivity index (χ1) is 32.9. The molecular formula is C51H60N4O11S2. The van der Waals surface area contributed by atoms with E-state index in [4.69, 9.17) is 24.7 Å². The molecule has 5 aliphatic rings. The van der Waals surface area contributed by atoms with Crippen LogP contribution >= 0.6 is 21.6 Å². The van der Waals surface area contributed by atoms with E-state index in [0.29, 0.717) is 24.6 Å². The number of aliphatic hydroxyl groups excluding tert-OH is 2. The summed E-state index contributed by atoms with van der Waals surface area (Å²) in [6.07, 6.45) is 5.64. The number of carboxylic acids is 1. The maximum Gasteiger partial charge on any atom is 0.335 e. The van der Waals surface area contributed by atoms with Crippen LogP contribution in [0.25, 0.3) is 16.9 Å². The molecule has 0 spiro atoms. The summed E-state index contributed by atoms with van der Waals surface area (Å²) < 4.78 is 24.5. The maximum absolute atomic E-state index is 12.8. The van der Waals surface area contributed by atoms with Gasteiger partial charge in [-0.15, -0.1) is 0 Å². The molecule has 1 aliphatic carbocycles. The SMILES string of the molecule is CCCNCCC1C=CC(=CCC(C)C2CNCC3(O)C(Oc4ccc5c(c4)OC(C(N)=O)C(c4ccc(O)cc4)=C5O)OC(C(=O)O)C(O)C3OCSSCC2C2=CCN=C2)c2ccccc21. The van der Waals surface area contributed by atoms with Gasteiger partial charge in [-0.25, -0.2) is 4.79 Å². The van der Waals surface area contributed by atoms with Gasteiger partial charge in [0, 0.05) is 30.5 Å². The van der Waals surface area contributed by atoms with E-state index in [-0.39, 0.29) is 64.4 Å². The van der Waals surface area contributed by atoms with Gasteiger partial charge in [-0.05, 0) is 109 Å². The van der Waals surface area contributed by atoms with E-state index in [2.05, 4.69) is 78.0 Å². The maximum atomic E-state index is 12.8. The first kappa shape index (κ1) is 49.3. The van der Waals surface area contributed by atoms with Crippen molar-refractivity contribution in [3.05, 3.63) is 119 Å². The topological polar surface area (TPSA) is 235 Å². The Labute approximate surface area is 404 Å². The second-order valence-electron chi connectivity index (χ2n) is 17.9. The number of carbonyl (C=O) groups excluding carboxylic acids is 1. The van der Waals surface area contributed by atoms with Gasteiger partial charge >= 0.3 is 5.97 Å². The van der Waals surface area contributed by atoms with Crippen LogP contribution in [0.1, 0.15) is 61.3 Å². The number of rotatable bonds is 14. The first-order valence-corrected chi connectivity index (χ1v) is 25.6. The predicted octanol–water partition coefficient (Wildman–Crippen LogP) is 6.07. The Morgan fingerprint density at radius 1 is 1.09 bits per heavy atom. The molecule has 17 heteroatoms. The summed E-state index contributed by atoms with van der Waals surface area (Å²) in [6, 6.07) is 18.8. The molecule has 4 aliphatic heterocycles. The van der Waals surface area contributed by atoms with Gasteiger partial charge in [0.05, 0.1) is 17.7 Å². The van der Waals surface area contributed by atoms with Gasteiger partial charge in [0.25, 0.3) is 5.91 Å². The summed E-state index contributed by atoms with van der Waals surface area (Å²) >= 11 is 0. The number of aromatic hydroxyl groups is 1. The van der Waals surface area contributed by atoms with Crippen LogP contribution in [-0.4, -0.2) is 124 Å². The highest BCUT2D eigenvalue weighted by atomic mass is 33.1. The number of amides is 1. The van der Waals surface area contributed by atoms with Crippen molar-refractivity contribution >= 4 is 56.6 Å². The zero-order valence-corrected chi connectivity index (χ0v) is 39.7. The van der Waals surface area contributed by atoms with Crippen LogP contribution in [0.2, 0.25) is 0 Å². The minimum atomic E-state index is -2.17. The molecule has 3 aromatic rings.